The summed E-state index contributed by atoms with van der Waals surface area (Å²) in [7, 11) is -3.55. The average molecular weight is 313 g/mol. The van der Waals surface area contributed by atoms with E-state index in [0.717, 1.165) is 5.56 Å². The van der Waals surface area contributed by atoms with E-state index in [4.69, 9.17) is 5.73 Å². The number of amides is 1. The summed E-state index contributed by atoms with van der Waals surface area (Å²) in [6.45, 7) is 4.37. The number of carbonyl (C=O) groups excluding carboxylic acids is 1. The summed E-state index contributed by atoms with van der Waals surface area (Å²) in [6, 6.07) is 7.17. The molecule has 0 bridgehead atoms. The molecule has 7 heteroatoms. The van der Waals surface area contributed by atoms with E-state index in [-0.39, 0.29) is 31.3 Å². The first kappa shape index (κ1) is 17.6. The van der Waals surface area contributed by atoms with Crippen LogP contribution in [-0.2, 0) is 27.1 Å². The molecule has 118 valence electrons. The van der Waals surface area contributed by atoms with Crippen molar-refractivity contribution in [3.8, 4) is 0 Å². The van der Waals surface area contributed by atoms with Crippen LogP contribution in [-0.4, -0.2) is 38.3 Å². The molecule has 1 aromatic rings. The van der Waals surface area contributed by atoms with Crippen molar-refractivity contribution in [3.05, 3.63) is 35.4 Å². The molecule has 0 aliphatic heterocycles. The van der Waals surface area contributed by atoms with Gasteiger partial charge in [-0.2, -0.15) is 4.31 Å². The highest BCUT2D eigenvalue weighted by Crippen LogP contribution is 2.15. The maximum atomic E-state index is 12.4. The van der Waals surface area contributed by atoms with E-state index in [0.29, 0.717) is 12.1 Å². The second-order valence-corrected chi connectivity index (χ2v) is 6.58. The van der Waals surface area contributed by atoms with Gasteiger partial charge in [0.2, 0.25) is 15.9 Å². The fraction of sp³-hybridized carbons (Fsp3) is 0.500. The lowest BCUT2D eigenvalue weighted by molar-refractivity contribution is -0.121. The average Bonchev–Trinajstić information content (AvgIpc) is 2.45. The van der Waals surface area contributed by atoms with Gasteiger partial charge in [0.1, 0.15) is 0 Å². The van der Waals surface area contributed by atoms with Crippen molar-refractivity contribution in [1.29, 1.82) is 0 Å². The molecule has 0 atom stereocenters. The Balaban J connectivity index is 2.90. The summed E-state index contributed by atoms with van der Waals surface area (Å²) < 4.78 is 26.1. The van der Waals surface area contributed by atoms with Crippen molar-refractivity contribution < 1.29 is 13.2 Å². The minimum Gasteiger partial charge on any atom is -0.355 e. The van der Waals surface area contributed by atoms with Crippen LogP contribution in [0.1, 0.15) is 25.0 Å². The number of nitrogens with one attached hydrogen (secondary N) is 1. The highest BCUT2D eigenvalue weighted by molar-refractivity contribution is 7.88. The minimum atomic E-state index is -3.55. The van der Waals surface area contributed by atoms with E-state index in [1.807, 2.05) is 12.1 Å². The van der Waals surface area contributed by atoms with E-state index in [2.05, 4.69) is 5.32 Å². The third kappa shape index (κ3) is 5.11. The molecule has 0 saturated heterocycles. The minimum absolute atomic E-state index is 0.145. The molecule has 0 spiro atoms. The van der Waals surface area contributed by atoms with Gasteiger partial charge in [0, 0.05) is 19.6 Å². The van der Waals surface area contributed by atoms with Crippen LogP contribution in [0.4, 0.5) is 0 Å². The van der Waals surface area contributed by atoms with Crippen molar-refractivity contribution in [2.75, 3.05) is 19.6 Å². The molecule has 0 fully saturated rings. The summed E-state index contributed by atoms with van der Waals surface area (Å²) >= 11 is 0. The number of nitrogens with two attached hydrogens (primary N) is 1. The quantitative estimate of drug-likeness (QED) is 0.728. The van der Waals surface area contributed by atoms with Crippen LogP contribution < -0.4 is 11.1 Å². The van der Waals surface area contributed by atoms with Crippen LogP contribution in [0.15, 0.2) is 24.3 Å². The lowest BCUT2D eigenvalue weighted by atomic mass is 10.1. The topological polar surface area (TPSA) is 92.5 Å². The predicted octanol–water partition coefficient (Wildman–Crippen LogP) is 0.433. The highest BCUT2D eigenvalue weighted by atomic mass is 32.2. The molecule has 0 aliphatic carbocycles. The Kier molecular flexibility index (Phi) is 6.80. The maximum absolute atomic E-state index is 12.4. The number of nitrogens with zero attached hydrogens (tertiary/aromatic N) is 1. The SMILES string of the molecule is CCNC(=O)CN(CC)S(=O)(=O)Cc1ccccc1CN. The van der Waals surface area contributed by atoms with Crippen molar-refractivity contribution in [1.82, 2.24) is 9.62 Å². The second kappa shape index (κ2) is 8.11. The number of likely N-dealkylation sites (N-methyl/N-ethyl adjacent to an activating group) is 2. The second-order valence-electron chi connectivity index (χ2n) is 4.61. The molecule has 6 nitrogen and oxygen atoms in total. The van der Waals surface area contributed by atoms with Gasteiger partial charge < -0.3 is 11.1 Å². The zero-order valence-electron chi connectivity index (χ0n) is 12.5. The van der Waals surface area contributed by atoms with E-state index in [1.165, 1.54) is 4.31 Å². The molecular formula is C14H23N3O3S. The van der Waals surface area contributed by atoms with E-state index in [9.17, 15) is 13.2 Å². The molecule has 1 amide bonds. The van der Waals surface area contributed by atoms with Crippen molar-refractivity contribution in [2.45, 2.75) is 26.1 Å². The number of hydrogen-bond donors (Lipinski definition) is 2. The Bertz CT molecular complexity index is 573. The van der Waals surface area contributed by atoms with Gasteiger partial charge in [-0.1, -0.05) is 31.2 Å². The summed E-state index contributed by atoms with van der Waals surface area (Å²) in [5.74, 6) is -0.441. The highest BCUT2D eigenvalue weighted by Gasteiger charge is 2.24. The molecule has 0 saturated carbocycles. The number of sulfonamides is 1. The van der Waals surface area contributed by atoms with Crippen molar-refractivity contribution in [2.24, 2.45) is 5.73 Å². The lowest BCUT2D eigenvalue weighted by Crippen LogP contribution is -2.41. The molecule has 0 unspecified atom stereocenters. The number of rotatable bonds is 8. The summed E-state index contributed by atoms with van der Waals surface area (Å²) in [5, 5.41) is 2.60. The first-order chi connectivity index (χ1) is 9.94. The summed E-state index contributed by atoms with van der Waals surface area (Å²) in [5.41, 5.74) is 7.10. The molecule has 0 aliphatic rings. The van der Waals surface area contributed by atoms with E-state index < -0.39 is 10.0 Å². The normalized spacial score (nSPS) is 11.6. The van der Waals surface area contributed by atoms with Crippen LogP contribution in [0.3, 0.4) is 0 Å². The molecular weight excluding hydrogens is 290 g/mol. The lowest BCUT2D eigenvalue weighted by Gasteiger charge is -2.20. The van der Waals surface area contributed by atoms with Gasteiger partial charge >= 0.3 is 0 Å². The van der Waals surface area contributed by atoms with Crippen molar-refractivity contribution in [3.63, 3.8) is 0 Å². The summed E-state index contributed by atoms with van der Waals surface area (Å²) in [4.78, 5) is 11.6. The molecule has 3 N–H and O–H groups in total. The monoisotopic (exact) mass is 313 g/mol. The number of benzene rings is 1. The van der Waals surface area contributed by atoms with Gasteiger partial charge in [-0.3, -0.25) is 4.79 Å². The molecule has 0 radical (unpaired) electrons. The first-order valence-corrected chi connectivity index (χ1v) is 8.56. The van der Waals surface area contributed by atoms with Crippen LogP contribution >= 0.6 is 0 Å². The predicted molar refractivity (Wildman–Crippen MR) is 82.9 cm³/mol. The molecule has 0 aromatic heterocycles. The fourth-order valence-corrected chi connectivity index (χ4v) is 3.57. The van der Waals surface area contributed by atoms with Gasteiger partial charge in [-0.15, -0.1) is 0 Å². The van der Waals surface area contributed by atoms with Gasteiger partial charge in [0.15, 0.2) is 0 Å². The van der Waals surface area contributed by atoms with Gasteiger partial charge in [0.25, 0.3) is 0 Å². The summed E-state index contributed by atoms with van der Waals surface area (Å²) in [6.07, 6.45) is 0. The smallest absolute Gasteiger partial charge is 0.235 e. The Morgan fingerprint density at radius 3 is 2.38 bits per heavy atom. The van der Waals surface area contributed by atoms with E-state index >= 15 is 0 Å². The third-order valence-electron chi connectivity index (χ3n) is 3.12. The third-order valence-corrected chi connectivity index (χ3v) is 4.97. The Morgan fingerprint density at radius 2 is 1.86 bits per heavy atom. The van der Waals surface area contributed by atoms with Crippen LogP contribution in [0.25, 0.3) is 0 Å². The standard InChI is InChI=1S/C14H23N3O3S/c1-3-16-14(18)10-17(4-2)21(19,20)11-13-8-6-5-7-12(13)9-15/h5-8H,3-4,9-11,15H2,1-2H3,(H,16,18). The largest absolute Gasteiger partial charge is 0.355 e. The Morgan fingerprint density at radius 1 is 1.24 bits per heavy atom. The molecule has 1 rings (SSSR count). The zero-order chi connectivity index (χ0) is 15.9. The Labute approximate surface area is 126 Å². The van der Waals surface area contributed by atoms with E-state index in [1.54, 1.807) is 26.0 Å². The number of carbonyl (C=O) groups is 1. The van der Waals surface area contributed by atoms with Crippen LogP contribution in [0.2, 0.25) is 0 Å². The van der Waals surface area contributed by atoms with Crippen LogP contribution in [0, 0.1) is 0 Å². The zero-order valence-corrected chi connectivity index (χ0v) is 13.3. The van der Waals surface area contributed by atoms with Gasteiger partial charge in [-0.05, 0) is 18.1 Å². The number of hydrogen-bond acceptors (Lipinski definition) is 4. The molecule has 21 heavy (non-hydrogen) atoms. The van der Waals surface area contributed by atoms with Gasteiger partial charge in [0.05, 0.1) is 12.3 Å². The Hall–Kier alpha value is -1.44. The van der Waals surface area contributed by atoms with Crippen molar-refractivity contribution >= 4 is 15.9 Å². The molecule has 0 heterocycles. The fourth-order valence-electron chi connectivity index (χ4n) is 2.01. The van der Waals surface area contributed by atoms with Gasteiger partial charge in [-0.25, -0.2) is 8.42 Å². The van der Waals surface area contributed by atoms with Crippen LogP contribution in [0.5, 0.6) is 0 Å². The maximum Gasteiger partial charge on any atom is 0.235 e. The molecule has 1 aromatic carbocycles. The first-order valence-electron chi connectivity index (χ1n) is 6.96.